The zero-order valence-corrected chi connectivity index (χ0v) is 18.6. The van der Waals surface area contributed by atoms with Gasteiger partial charge in [-0.05, 0) is 19.9 Å². The summed E-state index contributed by atoms with van der Waals surface area (Å²) in [5, 5.41) is 15.6. The van der Waals surface area contributed by atoms with Crippen LogP contribution in [-0.2, 0) is 21.4 Å². The molecule has 0 saturated carbocycles. The standard InChI is InChI=1S/C22H27N3O6/c1-12-16(13(2)24(3)23-12)19(26)17-18(25(10-11-29-4)22(28)20(17)27)14-8-7-9-15(30-5)21(14)31-6/h7-9,18,26H,10-11H2,1-6H3/b19-17+. The molecule has 1 unspecified atom stereocenters. The molecular weight excluding hydrogens is 402 g/mol. The lowest BCUT2D eigenvalue weighted by Crippen LogP contribution is -2.32. The van der Waals surface area contributed by atoms with Crippen LogP contribution in [0.2, 0.25) is 0 Å². The predicted octanol–water partition coefficient (Wildman–Crippen LogP) is 2.12. The first kappa shape index (κ1) is 22.4. The minimum Gasteiger partial charge on any atom is -0.507 e. The van der Waals surface area contributed by atoms with E-state index in [1.54, 1.807) is 43.8 Å². The number of Topliss-reactive ketones (excluding diaryl/α,β-unsaturated/α-hetero) is 1. The van der Waals surface area contributed by atoms with Crippen molar-refractivity contribution in [1.82, 2.24) is 14.7 Å². The van der Waals surface area contributed by atoms with Gasteiger partial charge in [0.2, 0.25) is 0 Å². The molecule has 1 aromatic carbocycles. The summed E-state index contributed by atoms with van der Waals surface area (Å²) >= 11 is 0. The lowest BCUT2D eigenvalue weighted by molar-refractivity contribution is -0.140. The SMILES string of the molecule is COCCN1C(=O)C(=O)/C(=C(/O)c2c(C)nn(C)c2C)C1c1cccc(OC)c1OC. The fourth-order valence-electron chi connectivity index (χ4n) is 4.00. The second-order valence-corrected chi connectivity index (χ2v) is 7.24. The molecule has 2 heterocycles. The Morgan fingerprint density at radius 3 is 2.42 bits per heavy atom. The lowest BCUT2D eigenvalue weighted by atomic mass is 9.94. The minimum absolute atomic E-state index is 0.0214. The molecule has 1 saturated heterocycles. The van der Waals surface area contributed by atoms with Crippen molar-refractivity contribution in [2.75, 3.05) is 34.5 Å². The van der Waals surface area contributed by atoms with Gasteiger partial charge in [0.25, 0.3) is 11.7 Å². The van der Waals surface area contributed by atoms with Gasteiger partial charge in [-0.15, -0.1) is 0 Å². The number of hydrogen-bond donors (Lipinski definition) is 1. The van der Waals surface area contributed by atoms with E-state index >= 15 is 0 Å². The van der Waals surface area contributed by atoms with Crippen LogP contribution in [0.15, 0.2) is 23.8 Å². The van der Waals surface area contributed by atoms with Crippen molar-refractivity contribution in [2.24, 2.45) is 7.05 Å². The predicted molar refractivity (Wildman–Crippen MR) is 113 cm³/mol. The van der Waals surface area contributed by atoms with Crippen molar-refractivity contribution in [2.45, 2.75) is 19.9 Å². The maximum atomic E-state index is 13.1. The highest BCUT2D eigenvalue weighted by Crippen LogP contribution is 2.45. The van der Waals surface area contributed by atoms with E-state index in [0.29, 0.717) is 34.0 Å². The number of ether oxygens (including phenoxy) is 3. The van der Waals surface area contributed by atoms with E-state index in [9.17, 15) is 14.7 Å². The largest absolute Gasteiger partial charge is 0.507 e. The van der Waals surface area contributed by atoms with Crippen molar-refractivity contribution in [1.29, 1.82) is 0 Å². The van der Waals surface area contributed by atoms with Gasteiger partial charge < -0.3 is 24.2 Å². The molecule has 0 radical (unpaired) electrons. The molecule has 1 atom stereocenters. The van der Waals surface area contributed by atoms with Gasteiger partial charge in [-0.2, -0.15) is 5.10 Å². The first-order valence-corrected chi connectivity index (χ1v) is 9.77. The molecule has 0 spiro atoms. The summed E-state index contributed by atoms with van der Waals surface area (Å²) < 4.78 is 17.7. The quantitative estimate of drug-likeness (QED) is 0.408. The zero-order valence-electron chi connectivity index (χ0n) is 18.6. The Balaban J connectivity index is 2.31. The van der Waals surface area contributed by atoms with Crippen LogP contribution < -0.4 is 9.47 Å². The molecule has 1 N–H and O–H groups in total. The molecular formula is C22H27N3O6. The highest BCUT2D eigenvalue weighted by atomic mass is 16.5. The van der Waals surface area contributed by atoms with Crippen molar-refractivity contribution in [3.05, 3.63) is 46.3 Å². The molecule has 1 fully saturated rings. The van der Waals surface area contributed by atoms with E-state index in [4.69, 9.17) is 14.2 Å². The third-order valence-corrected chi connectivity index (χ3v) is 5.55. The Kier molecular flexibility index (Phi) is 6.35. The number of aryl methyl sites for hydroxylation is 2. The number of likely N-dealkylation sites (tertiary alicyclic amines) is 1. The summed E-state index contributed by atoms with van der Waals surface area (Å²) in [7, 11) is 6.25. The number of rotatable bonds is 7. The molecule has 166 valence electrons. The normalized spacial score (nSPS) is 18.0. The van der Waals surface area contributed by atoms with Crippen LogP contribution in [0, 0.1) is 13.8 Å². The zero-order chi connectivity index (χ0) is 22.9. The Hall–Kier alpha value is -3.33. The van der Waals surface area contributed by atoms with Crippen LogP contribution >= 0.6 is 0 Å². The Bertz CT molecular complexity index is 1060. The van der Waals surface area contributed by atoms with Gasteiger partial charge in [-0.3, -0.25) is 14.3 Å². The van der Waals surface area contributed by atoms with Gasteiger partial charge in [0.15, 0.2) is 11.5 Å². The number of para-hydroxylation sites is 1. The van der Waals surface area contributed by atoms with E-state index in [1.807, 2.05) is 0 Å². The average Bonchev–Trinajstić information content (AvgIpc) is 3.16. The average molecular weight is 429 g/mol. The number of hydrogen-bond acceptors (Lipinski definition) is 7. The number of ketones is 1. The second kappa shape index (κ2) is 8.81. The van der Waals surface area contributed by atoms with Crippen LogP contribution in [-0.4, -0.2) is 66.0 Å². The van der Waals surface area contributed by atoms with E-state index in [-0.39, 0.29) is 24.5 Å². The summed E-state index contributed by atoms with van der Waals surface area (Å²) in [6, 6.07) is 4.33. The van der Waals surface area contributed by atoms with Crippen LogP contribution in [0.3, 0.4) is 0 Å². The second-order valence-electron chi connectivity index (χ2n) is 7.24. The van der Waals surface area contributed by atoms with Gasteiger partial charge in [-0.1, -0.05) is 12.1 Å². The van der Waals surface area contributed by atoms with E-state index in [1.165, 1.54) is 26.2 Å². The molecule has 31 heavy (non-hydrogen) atoms. The maximum Gasteiger partial charge on any atom is 0.295 e. The van der Waals surface area contributed by atoms with E-state index in [2.05, 4.69) is 5.10 Å². The number of amides is 1. The molecule has 1 aliphatic rings. The van der Waals surface area contributed by atoms with Crippen molar-refractivity contribution >= 4 is 17.4 Å². The third kappa shape index (κ3) is 3.65. The highest BCUT2D eigenvalue weighted by Gasteiger charge is 2.47. The number of aliphatic hydroxyl groups excluding tert-OH is 1. The molecule has 2 aromatic rings. The van der Waals surface area contributed by atoms with Crippen molar-refractivity contribution in [3.8, 4) is 11.5 Å². The third-order valence-electron chi connectivity index (χ3n) is 5.55. The maximum absolute atomic E-state index is 13.1. The van der Waals surface area contributed by atoms with Gasteiger partial charge in [0.05, 0.1) is 43.7 Å². The molecule has 0 bridgehead atoms. The number of aliphatic hydroxyl groups is 1. The van der Waals surface area contributed by atoms with Crippen LogP contribution in [0.5, 0.6) is 11.5 Å². The van der Waals surface area contributed by atoms with Gasteiger partial charge in [-0.25, -0.2) is 0 Å². The van der Waals surface area contributed by atoms with E-state index in [0.717, 1.165) is 0 Å². The fraction of sp³-hybridized carbons (Fsp3) is 0.409. The molecule has 9 nitrogen and oxygen atoms in total. The number of nitrogens with zero attached hydrogens (tertiary/aromatic N) is 3. The Morgan fingerprint density at radius 2 is 1.87 bits per heavy atom. The highest BCUT2D eigenvalue weighted by molar-refractivity contribution is 6.46. The van der Waals surface area contributed by atoms with Gasteiger partial charge in [0, 0.05) is 32.0 Å². The van der Waals surface area contributed by atoms with Crippen LogP contribution in [0.4, 0.5) is 0 Å². The summed E-state index contributed by atoms with van der Waals surface area (Å²) in [5.74, 6) is -0.925. The van der Waals surface area contributed by atoms with Gasteiger partial charge >= 0.3 is 0 Å². The first-order valence-electron chi connectivity index (χ1n) is 9.77. The number of carbonyl (C=O) groups excluding carboxylic acids is 2. The molecule has 1 aromatic heterocycles. The monoisotopic (exact) mass is 429 g/mol. The fourth-order valence-corrected chi connectivity index (χ4v) is 4.00. The lowest BCUT2D eigenvalue weighted by Gasteiger charge is -2.27. The number of benzene rings is 1. The Morgan fingerprint density at radius 1 is 1.16 bits per heavy atom. The molecule has 3 rings (SSSR count). The molecule has 1 aliphatic heterocycles. The first-order chi connectivity index (χ1) is 14.8. The van der Waals surface area contributed by atoms with E-state index < -0.39 is 17.7 Å². The van der Waals surface area contributed by atoms with Crippen molar-refractivity contribution < 1.29 is 28.9 Å². The summed E-state index contributed by atoms with van der Waals surface area (Å²) in [4.78, 5) is 27.4. The molecule has 9 heteroatoms. The smallest absolute Gasteiger partial charge is 0.295 e. The number of methoxy groups -OCH3 is 3. The minimum atomic E-state index is -0.876. The van der Waals surface area contributed by atoms with Crippen LogP contribution in [0.1, 0.15) is 28.6 Å². The summed E-state index contributed by atoms with van der Waals surface area (Å²) in [6.07, 6.45) is 0. The molecule has 1 amide bonds. The number of carbonyl (C=O) groups is 2. The van der Waals surface area contributed by atoms with Crippen LogP contribution in [0.25, 0.3) is 5.76 Å². The number of aromatic nitrogens is 2. The summed E-state index contributed by atoms with van der Waals surface area (Å²) in [5.41, 5.74) is 2.16. The topological polar surface area (TPSA) is 103 Å². The van der Waals surface area contributed by atoms with Gasteiger partial charge in [0.1, 0.15) is 5.76 Å². The Labute approximate surface area is 180 Å². The van der Waals surface area contributed by atoms with Crippen molar-refractivity contribution in [3.63, 3.8) is 0 Å². The molecule has 0 aliphatic carbocycles. The summed E-state index contributed by atoms with van der Waals surface area (Å²) in [6.45, 7) is 3.91.